The monoisotopic (exact) mass is 463 g/mol. The van der Waals surface area contributed by atoms with Crippen molar-refractivity contribution in [3.63, 3.8) is 0 Å². The summed E-state index contributed by atoms with van der Waals surface area (Å²) in [5.74, 6) is -0.239. The Bertz CT molecular complexity index is 1060. The standard InChI is InChI=1S/C22H29N3O6S/c1-6-31-17-10-8-16(9-11-17)24-20(26)14-23-21(27)15-7-12-18(30-5)19(13-15)32(28,29)25-22(2,3)4/h7-13,25H,6,14H2,1-5H3,(H,23,27)(H,24,26). The maximum absolute atomic E-state index is 12.7. The third-order valence-electron chi connectivity index (χ3n) is 4.01. The maximum atomic E-state index is 12.7. The molecular weight excluding hydrogens is 434 g/mol. The van der Waals surface area contributed by atoms with Crippen molar-refractivity contribution in [2.24, 2.45) is 0 Å². The highest BCUT2D eigenvalue weighted by atomic mass is 32.2. The predicted octanol–water partition coefficient (Wildman–Crippen LogP) is 2.54. The summed E-state index contributed by atoms with van der Waals surface area (Å²) in [7, 11) is -2.60. The van der Waals surface area contributed by atoms with Crippen molar-refractivity contribution in [2.45, 2.75) is 38.1 Å². The molecule has 0 heterocycles. The van der Waals surface area contributed by atoms with Crippen LogP contribution in [-0.4, -0.2) is 46.0 Å². The Labute approximate surface area is 188 Å². The minimum absolute atomic E-state index is 0.0777. The Kier molecular flexibility index (Phi) is 8.23. The molecule has 0 bridgehead atoms. The van der Waals surface area contributed by atoms with Crippen molar-refractivity contribution in [3.05, 3.63) is 48.0 Å². The van der Waals surface area contributed by atoms with E-state index in [9.17, 15) is 18.0 Å². The lowest BCUT2D eigenvalue weighted by Crippen LogP contribution is -2.40. The van der Waals surface area contributed by atoms with Gasteiger partial charge in [0.05, 0.1) is 20.3 Å². The summed E-state index contributed by atoms with van der Waals surface area (Å²) in [5.41, 5.74) is -0.0890. The molecule has 174 valence electrons. The fraction of sp³-hybridized carbons (Fsp3) is 0.364. The van der Waals surface area contributed by atoms with Crippen LogP contribution in [0, 0.1) is 0 Å². The molecule has 0 aliphatic carbocycles. The summed E-state index contributed by atoms with van der Waals surface area (Å²) in [4.78, 5) is 24.5. The number of methoxy groups -OCH3 is 1. The Hall–Kier alpha value is -3.11. The number of amides is 2. The molecule has 2 aromatic carbocycles. The van der Waals surface area contributed by atoms with E-state index in [0.29, 0.717) is 18.0 Å². The zero-order chi connectivity index (χ0) is 23.9. The van der Waals surface area contributed by atoms with Crippen LogP contribution in [-0.2, 0) is 14.8 Å². The van der Waals surface area contributed by atoms with Gasteiger partial charge in [-0.1, -0.05) is 0 Å². The minimum atomic E-state index is -3.94. The molecule has 32 heavy (non-hydrogen) atoms. The molecule has 3 N–H and O–H groups in total. The van der Waals surface area contributed by atoms with Gasteiger partial charge >= 0.3 is 0 Å². The Morgan fingerprint density at radius 3 is 2.25 bits per heavy atom. The molecule has 0 saturated carbocycles. The van der Waals surface area contributed by atoms with Crippen molar-refractivity contribution >= 4 is 27.5 Å². The van der Waals surface area contributed by atoms with Gasteiger partial charge in [-0.2, -0.15) is 0 Å². The molecule has 2 amide bonds. The van der Waals surface area contributed by atoms with Crippen molar-refractivity contribution in [1.82, 2.24) is 10.0 Å². The number of carbonyl (C=O) groups excluding carboxylic acids is 2. The number of anilines is 1. The normalized spacial score (nSPS) is 11.5. The molecule has 0 unspecified atom stereocenters. The van der Waals surface area contributed by atoms with E-state index in [4.69, 9.17) is 9.47 Å². The summed E-state index contributed by atoms with van der Waals surface area (Å²) in [6, 6.07) is 10.9. The van der Waals surface area contributed by atoms with Gasteiger partial charge in [0.2, 0.25) is 15.9 Å². The second-order valence-corrected chi connectivity index (χ2v) is 9.56. The number of sulfonamides is 1. The van der Waals surface area contributed by atoms with Crippen LogP contribution in [0.15, 0.2) is 47.4 Å². The van der Waals surface area contributed by atoms with E-state index in [1.54, 1.807) is 45.0 Å². The van der Waals surface area contributed by atoms with Gasteiger partial charge in [-0.3, -0.25) is 9.59 Å². The molecule has 0 aliphatic heterocycles. The summed E-state index contributed by atoms with van der Waals surface area (Å²) < 4.78 is 38.5. The van der Waals surface area contributed by atoms with E-state index in [1.165, 1.54) is 25.3 Å². The second kappa shape index (κ2) is 10.5. The predicted molar refractivity (Wildman–Crippen MR) is 122 cm³/mol. The smallest absolute Gasteiger partial charge is 0.251 e. The van der Waals surface area contributed by atoms with Gasteiger partial charge in [0, 0.05) is 16.8 Å². The quantitative estimate of drug-likeness (QED) is 0.525. The van der Waals surface area contributed by atoms with Crippen molar-refractivity contribution in [3.8, 4) is 11.5 Å². The van der Waals surface area contributed by atoms with E-state index in [-0.39, 0.29) is 22.8 Å². The number of rotatable bonds is 9. The molecule has 0 aliphatic rings. The zero-order valence-electron chi connectivity index (χ0n) is 18.8. The summed E-state index contributed by atoms with van der Waals surface area (Å²) in [6.07, 6.45) is 0. The number of nitrogens with one attached hydrogen (secondary N) is 3. The third kappa shape index (κ3) is 7.24. The topological polar surface area (TPSA) is 123 Å². The average molecular weight is 464 g/mol. The van der Waals surface area contributed by atoms with Gasteiger partial charge in [0.1, 0.15) is 16.4 Å². The molecule has 0 aromatic heterocycles. The molecule has 2 rings (SSSR count). The minimum Gasteiger partial charge on any atom is -0.495 e. The van der Waals surface area contributed by atoms with Gasteiger partial charge in [-0.05, 0) is 70.2 Å². The lowest BCUT2D eigenvalue weighted by atomic mass is 10.1. The molecule has 0 fully saturated rings. The van der Waals surface area contributed by atoms with Gasteiger partial charge < -0.3 is 20.1 Å². The Morgan fingerprint density at radius 1 is 1.03 bits per heavy atom. The van der Waals surface area contributed by atoms with Crippen LogP contribution >= 0.6 is 0 Å². The third-order valence-corrected chi connectivity index (χ3v) is 5.79. The molecule has 0 radical (unpaired) electrons. The number of hydrogen-bond acceptors (Lipinski definition) is 6. The highest BCUT2D eigenvalue weighted by molar-refractivity contribution is 7.89. The molecule has 9 nitrogen and oxygen atoms in total. The highest BCUT2D eigenvalue weighted by Gasteiger charge is 2.26. The van der Waals surface area contributed by atoms with E-state index in [2.05, 4.69) is 15.4 Å². The maximum Gasteiger partial charge on any atom is 0.251 e. The van der Waals surface area contributed by atoms with E-state index >= 15 is 0 Å². The molecule has 2 aromatic rings. The summed E-state index contributed by atoms with van der Waals surface area (Å²) >= 11 is 0. The largest absolute Gasteiger partial charge is 0.495 e. The first-order valence-electron chi connectivity index (χ1n) is 9.98. The molecule has 0 atom stereocenters. The number of benzene rings is 2. The Morgan fingerprint density at radius 2 is 1.69 bits per heavy atom. The first kappa shape index (κ1) is 25.2. The number of ether oxygens (including phenoxy) is 2. The Balaban J connectivity index is 2.07. The molecule has 0 saturated heterocycles. The molecular formula is C22H29N3O6S. The van der Waals surface area contributed by atoms with Crippen LogP contribution in [0.2, 0.25) is 0 Å². The van der Waals surface area contributed by atoms with E-state index in [1.807, 2.05) is 6.92 Å². The molecule has 0 spiro atoms. The van der Waals surface area contributed by atoms with E-state index in [0.717, 1.165) is 0 Å². The summed E-state index contributed by atoms with van der Waals surface area (Å²) in [5, 5.41) is 5.15. The first-order valence-corrected chi connectivity index (χ1v) is 11.5. The number of hydrogen-bond donors (Lipinski definition) is 3. The molecule has 10 heteroatoms. The van der Waals surface area contributed by atoms with Crippen molar-refractivity contribution in [2.75, 3.05) is 25.6 Å². The highest BCUT2D eigenvalue weighted by Crippen LogP contribution is 2.26. The van der Waals surface area contributed by atoms with Crippen LogP contribution in [0.1, 0.15) is 38.1 Å². The van der Waals surface area contributed by atoms with Gasteiger partial charge in [0.25, 0.3) is 5.91 Å². The van der Waals surface area contributed by atoms with Crippen LogP contribution < -0.4 is 24.8 Å². The van der Waals surface area contributed by atoms with Gasteiger partial charge in [-0.25, -0.2) is 13.1 Å². The van der Waals surface area contributed by atoms with Gasteiger partial charge in [0.15, 0.2) is 0 Å². The lowest BCUT2D eigenvalue weighted by Gasteiger charge is -2.21. The van der Waals surface area contributed by atoms with Crippen LogP contribution in [0.4, 0.5) is 5.69 Å². The fourth-order valence-corrected chi connectivity index (χ4v) is 4.37. The first-order chi connectivity index (χ1) is 14.9. The zero-order valence-corrected chi connectivity index (χ0v) is 19.6. The lowest BCUT2D eigenvalue weighted by molar-refractivity contribution is -0.115. The van der Waals surface area contributed by atoms with Crippen LogP contribution in [0.5, 0.6) is 11.5 Å². The van der Waals surface area contributed by atoms with Crippen LogP contribution in [0.3, 0.4) is 0 Å². The summed E-state index contributed by atoms with van der Waals surface area (Å²) in [6.45, 7) is 7.24. The fourth-order valence-electron chi connectivity index (χ4n) is 2.75. The van der Waals surface area contributed by atoms with Gasteiger partial charge in [-0.15, -0.1) is 0 Å². The van der Waals surface area contributed by atoms with E-state index < -0.39 is 27.4 Å². The SMILES string of the molecule is CCOc1ccc(NC(=O)CNC(=O)c2ccc(OC)c(S(=O)(=O)NC(C)(C)C)c2)cc1. The van der Waals surface area contributed by atoms with Crippen molar-refractivity contribution in [1.29, 1.82) is 0 Å². The van der Waals surface area contributed by atoms with Crippen molar-refractivity contribution < 1.29 is 27.5 Å². The second-order valence-electron chi connectivity index (χ2n) is 7.91. The van der Waals surface area contributed by atoms with Crippen LogP contribution in [0.25, 0.3) is 0 Å². The average Bonchev–Trinajstić information content (AvgIpc) is 2.71. The number of carbonyl (C=O) groups is 2.